The van der Waals surface area contributed by atoms with Gasteiger partial charge in [0.2, 0.25) is 0 Å². The van der Waals surface area contributed by atoms with E-state index in [0.29, 0.717) is 0 Å². The quantitative estimate of drug-likeness (QED) is 0.579. The van der Waals surface area contributed by atoms with Gasteiger partial charge < -0.3 is 0 Å². The SMILES string of the molecule is CCCCC1C(C)C1C(C)C. The zero-order chi connectivity index (χ0) is 8.43. The summed E-state index contributed by atoms with van der Waals surface area (Å²) in [5, 5.41) is 0. The summed E-state index contributed by atoms with van der Waals surface area (Å²) >= 11 is 0. The zero-order valence-corrected chi connectivity index (χ0v) is 8.43. The summed E-state index contributed by atoms with van der Waals surface area (Å²) in [5.74, 6) is 4.09. The largest absolute Gasteiger partial charge is 0.0654 e. The highest BCUT2D eigenvalue weighted by Crippen LogP contribution is 2.53. The molecular formula is C11H22. The van der Waals surface area contributed by atoms with Gasteiger partial charge in [-0.2, -0.15) is 0 Å². The molecule has 1 aliphatic carbocycles. The van der Waals surface area contributed by atoms with Gasteiger partial charge in [0, 0.05) is 0 Å². The van der Waals surface area contributed by atoms with Crippen LogP contribution in [0.2, 0.25) is 0 Å². The first kappa shape index (κ1) is 9.09. The Bertz CT molecular complexity index is 115. The molecular weight excluding hydrogens is 132 g/mol. The molecule has 66 valence electrons. The molecule has 1 saturated carbocycles. The van der Waals surface area contributed by atoms with Crippen LogP contribution >= 0.6 is 0 Å². The molecule has 0 saturated heterocycles. The molecule has 3 unspecified atom stereocenters. The van der Waals surface area contributed by atoms with E-state index in [1.54, 1.807) is 0 Å². The van der Waals surface area contributed by atoms with Crippen molar-refractivity contribution in [3.05, 3.63) is 0 Å². The summed E-state index contributed by atoms with van der Waals surface area (Å²) in [6.07, 6.45) is 4.30. The second-order valence-corrected chi connectivity index (χ2v) is 4.49. The maximum absolute atomic E-state index is 2.42. The Kier molecular flexibility index (Phi) is 2.98. The Morgan fingerprint density at radius 2 is 1.91 bits per heavy atom. The first-order chi connectivity index (χ1) is 5.18. The van der Waals surface area contributed by atoms with Gasteiger partial charge in [0.05, 0.1) is 0 Å². The molecule has 3 atom stereocenters. The summed E-state index contributed by atoms with van der Waals surface area (Å²) in [6.45, 7) is 9.45. The number of unbranched alkanes of at least 4 members (excludes halogenated alkanes) is 1. The molecule has 1 aliphatic rings. The lowest BCUT2D eigenvalue weighted by atomic mass is 10.0. The van der Waals surface area contributed by atoms with Gasteiger partial charge in [-0.25, -0.2) is 0 Å². The minimum absolute atomic E-state index is 0.923. The fourth-order valence-electron chi connectivity index (χ4n) is 2.58. The van der Waals surface area contributed by atoms with Gasteiger partial charge in [-0.15, -0.1) is 0 Å². The fourth-order valence-corrected chi connectivity index (χ4v) is 2.58. The summed E-state index contributed by atoms with van der Waals surface area (Å²) in [4.78, 5) is 0. The van der Waals surface area contributed by atoms with Crippen LogP contribution in [0.1, 0.15) is 47.0 Å². The van der Waals surface area contributed by atoms with Crippen molar-refractivity contribution in [3.63, 3.8) is 0 Å². The van der Waals surface area contributed by atoms with Gasteiger partial charge in [-0.3, -0.25) is 0 Å². The Balaban J connectivity index is 2.19. The van der Waals surface area contributed by atoms with Crippen LogP contribution in [-0.4, -0.2) is 0 Å². The molecule has 0 aromatic heterocycles. The summed E-state index contributed by atoms with van der Waals surface area (Å²) in [6, 6.07) is 0. The minimum Gasteiger partial charge on any atom is -0.0654 e. The minimum atomic E-state index is 0.923. The molecule has 0 N–H and O–H groups in total. The molecule has 0 heterocycles. The molecule has 0 aromatic carbocycles. The van der Waals surface area contributed by atoms with Gasteiger partial charge in [-0.1, -0.05) is 40.5 Å². The van der Waals surface area contributed by atoms with Gasteiger partial charge in [0.15, 0.2) is 0 Å². The maximum atomic E-state index is 2.42. The van der Waals surface area contributed by atoms with Crippen molar-refractivity contribution in [2.45, 2.75) is 47.0 Å². The van der Waals surface area contributed by atoms with E-state index in [4.69, 9.17) is 0 Å². The lowest BCUT2D eigenvalue weighted by Gasteiger charge is -2.01. The Labute approximate surface area is 71.4 Å². The first-order valence-electron chi connectivity index (χ1n) is 5.18. The van der Waals surface area contributed by atoms with Crippen LogP contribution in [0.15, 0.2) is 0 Å². The highest BCUT2D eigenvalue weighted by Gasteiger charge is 2.46. The van der Waals surface area contributed by atoms with Gasteiger partial charge in [0.25, 0.3) is 0 Å². The average molecular weight is 154 g/mol. The van der Waals surface area contributed by atoms with Crippen LogP contribution in [0.5, 0.6) is 0 Å². The summed E-state index contributed by atoms with van der Waals surface area (Å²) in [7, 11) is 0. The van der Waals surface area contributed by atoms with E-state index in [1.807, 2.05) is 0 Å². The van der Waals surface area contributed by atoms with E-state index < -0.39 is 0 Å². The predicted octanol–water partition coefficient (Wildman–Crippen LogP) is 3.71. The van der Waals surface area contributed by atoms with Crippen molar-refractivity contribution in [1.29, 1.82) is 0 Å². The third-order valence-corrected chi connectivity index (χ3v) is 3.30. The van der Waals surface area contributed by atoms with Crippen LogP contribution in [0, 0.1) is 23.7 Å². The summed E-state index contributed by atoms with van der Waals surface area (Å²) in [5.41, 5.74) is 0. The standard InChI is InChI=1S/C11H22/c1-5-6-7-10-9(4)11(10)8(2)3/h8-11H,5-7H2,1-4H3. The van der Waals surface area contributed by atoms with Crippen molar-refractivity contribution in [2.24, 2.45) is 23.7 Å². The third kappa shape index (κ3) is 1.98. The second-order valence-electron chi connectivity index (χ2n) is 4.49. The molecule has 0 radical (unpaired) electrons. The van der Waals surface area contributed by atoms with E-state index >= 15 is 0 Å². The molecule has 0 aromatic rings. The van der Waals surface area contributed by atoms with Crippen molar-refractivity contribution >= 4 is 0 Å². The zero-order valence-electron chi connectivity index (χ0n) is 8.43. The number of rotatable bonds is 4. The van der Waals surface area contributed by atoms with E-state index in [1.165, 1.54) is 19.3 Å². The van der Waals surface area contributed by atoms with Crippen LogP contribution < -0.4 is 0 Å². The summed E-state index contributed by atoms with van der Waals surface area (Å²) < 4.78 is 0. The van der Waals surface area contributed by atoms with Gasteiger partial charge >= 0.3 is 0 Å². The van der Waals surface area contributed by atoms with Crippen LogP contribution in [-0.2, 0) is 0 Å². The number of hydrogen-bond acceptors (Lipinski definition) is 0. The fraction of sp³-hybridized carbons (Fsp3) is 1.00. The highest BCUT2D eigenvalue weighted by atomic mass is 14.5. The average Bonchev–Trinajstić information content (AvgIpc) is 2.57. The molecule has 0 spiro atoms. The molecule has 11 heavy (non-hydrogen) atoms. The Hall–Kier alpha value is 0. The molecule has 1 fully saturated rings. The first-order valence-corrected chi connectivity index (χ1v) is 5.18. The van der Waals surface area contributed by atoms with E-state index in [9.17, 15) is 0 Å². The maximum Gasteiger partial charge on any atom is -0.0331 e. The Morgan fingerprint density at radius 1 is 1.27 bits per heavy atom. The lowest BCUT2D eigenvalue weighted by molar-refractivity contribution is 0.489. The molecule has 0 bridgehead atoms. The van der Waals surface area contributed by atoms with Gasteiger partial charge in [0.1, 0.15) is 0 Å². The highest BCUT2D eigenvalue weighted by molar-refractivity contribution is 4.95. The molecule has 1 rings (SSSR count). The molecule has 0 aliphatic heterocycles. The molecule has 0 amide bonds. The third-order valence-electron chi connectivity index (χ3n) is 3.30. The van der Waals surface area contributed by atoms with Crippen LogP contribution in [0.25, 0.3) is 0 Å². The van der Waals surface area contributed by atoms with Crippen molar-refractivity contribution in [3.8, 4) is 0 Å². The second kappa shape index (κ2) is 3.60. The van der Waals surface area contributed by atoms with E-state index in [0.717, 1.165) is 23.7 Å². The van der Waals surface area contributed by atoms with Gasteiger partial charge in [-0.05, 0) is 30.1 Å². The molecule has 0 nitrogen and oxygen atoms in total. The lowest BCUT2D eigenvalue weighted by Crippen LogP contribution is -1.92. The van der Waals surface area contributed by atoms with Crippen molar-refractivity contribution in [1.82, 2.24) is 0 Å². The van der Waals surface area contributed by atoms with E-state index in [2.05, 4.69) is 27.7 Å². The number of hydrogen-bond donors (Lipinski definition) is 0. The monoisotopic (exact) mass is 154 g/mol. The van der Waals surface area contributed by atoms with Crippen molar-refractivity contribution in [2.75, 3.05) is 0 Å². The van der Waals surface area contributed by atoms with E-state index in [-0.39, 0.29) is 0 Å². The topological polar surface area (TPSA) is 0 Å². The van der Waals surface area contributed by atoms with Crippen LogP contribution in [0.3, 0.4) is 0 Å². The Morgan fingerprint density at radius 3 is 2.27 bits per heavy atom. The normalized spacial score (nSPS) is 36.3. The molecule has 0 heteroatoms. The predicted molar refractivity (Wildman–Crippen MR) is 50.5 cm³/mol. The van der Waals surface area contributed by atoms with Crippen molar-refractivity contribution < 1.29 is 0 Å². The smallest absolute Gasteiger partial charge is 0.0331 e. The van der Waals surface area contributed by atoms with Crippen LogP contribution in [0.4, 0.5) is 0 Å².